The molecule has 0 spiro atoms. The molecule has 0 aliphatic carbocycles. The molecule has 2 heterocycles. The van der Waals surface area contributed by atoms with Gasteiger partial charge in [0.25, 0.3) is 11.8 Å². The van der Waals surface area contributed by atoms with E-state index in [0.29, 0.717) is 111 Å². The molecule has 18 heteroatoms. The predicted octanol–water partition coefficient (Wildman–Crippen LogP) is 8.47. The van der Waals surface area contributed by atoms with Gasteiger partial charge in [-0.15, -0.1) is 0 Å². The fourth-order valence-corrected chi connectivity index (χ4v) is 7.42. The maximum atomic E-state index is 13.6. The van der Waals surface area contributed by atoms with Crippen molar-refractivity contribution < 1.29 is 42.4 Å². The minimum atomic E-state index is -0.516. The van der Waals surface area contributed by atoms with Crippen molar-refractivity contribution in [2.24, 2.45) is 0 Å². The Morgan fingerprint density at radius 3 is 2.31 bits per heavy atom. The normalized spacial score (nSPS) is 12.7. The zero-order valence-corrected chi connectivity index (χ0v) is 35.5. The number of ether oxygens (including phenoxy) is 6. The Labute approximate surface area is 359 Å². The summed E-state index contributed by atoms with van der Waals surface area (Å²) in [5.41, 5.74) is 3.84. The van der Waals surface area contributed by atoms with Gasteiger partial charge in [-0.3, -0.25) is 9.59 Å². The van der Waals surface area contributed by atoms with Crippen LogP contribution >= 0.6 is 55.1 Å². The molecule has 0 saturated carbocycles. The number of nitrogens with zero attached hydrogens (tertiary/aromatic N) is 2. The molecule has 3 N–H and O–H groups in total. The fourth-order valence-electron chi connectivity index (χ4n) is 5.62. The van der Waals surface area contributed by atoms with Gasteiger partial charge in [-0.2, -0.15) is 0 Å². The summed E-state index contributed by atoms with van der Waals surface area (Å²) in [6.45, 7) is 2.34. The molecule has 1 aromatic heterocycles. The summed E-state index contributed by atoms with van der Waals surface area (Å²) in [5, 5.41) is 9.92. The quantitative estimate of drug-likeness (QED) is 0.0509. The molecule has 6 rings (SSSR count). The van der Waals surface area contributed by atoms with E-state index >= 15 is 0 Å². The molecule has 5 aromatic rings. The van der Waals surface area contributed by atoms with Crippen LogP contribution in [0.1, 0.15) is 11.1 Å². The van der Waals surface area contributed by atoms with Crippen LogP contribution in [0.15, 0.2) is 75.9 Å². The van der Waals surface area contributed by atoms with Crippen LogP contribution in [0.2, 0.25) is 10.0 Å². The number of hydrogen-bond acceptors (Lipinski definition) is 11. The van der Waals surface area contributed by atoms with Crippen molar-refractivity contribution >= 4 is 107 Å². The van der Waals surface area contributed by atoms with Crippen molar-refractivity contribution in [2.75, 3.05) is 77.1 Å². The molecule has 58 heavy (non-hydrogen) atoms. The molecule has 0 bridgehead atoms. The molecule has 0 unspecified atom stereocenters. The summed E-state index contributed by atoms with van der Waals surface area (Å²) in [6, 6.07) is 16.6. The third-order valence-electron chi connectivity index (χ3n) is 8.34. The van der Waals surface area contributed by atoms with Gasteiger partial charge < -0.3 is 44.4 Å². The Morgan fingerprint density at radius 1 is 0.862 bits per heavy atom. The van der Waals surface area contributed by atoms with Crippen LogP contribution in [-0.2, 0) is 23.8 Å². The van der Waals surface area contributed by atoms with E-state index in [4.69, 9.17) is 51.6 Å². The van der Waals surface area contributed by atoms with Gasteiger partial charge in [0.1, 0.15) is 30.3 Å². The zero-order valence-electron chi connectivity index (χ0n) is 30.8. The van der Waals surface area contributed by atoms with E-state index < -0.39 is 5.82 Å². The number of methoxy groups -OCH3 is 1. The second-order valence-corrected chi connectivity index (χ2v) is 14.9. The Kier molecular flexibility index (Phi) is 15.5. The molecule has 0 atom stereocenters. The van der Waals surface area contributed by atoms with E-state index in [9.17, 15) is 14.0 Å². The lowest BCUT2D eigenvalue weighted by Crippen LogP contribution is -2.32. The summed E-state index contributed by atoms with van der Waals surface area (Å²) in [4.78, 5) is 33.6. The van der Waals surface area contributed by atoms with E-state index in [1.807, 2.05) is 0 Å². The lowest BCUT2D eigenvalue weighted by molar-refractivity contribution is -0.123. The van der Waals surface area contributed by atoms with Crippen molar-refractivity contribution in [2.45, 2.75) is 0 Å². The van der Waals surface area contributed by atoms with Gasteiger partial charge in [0, 0.05) is 45.5 Å². The molecule has 0 fully saturated rings. The maximum Gasteiger partial charge on any atom is 0.258 e. The first kappa shape index (κ1) is 43.0. The monoisotopic (exact) mass is 961 g/mol. The van der Waals surface area contributed by atoms with E-state index in [-0.39, 0.29) is 30.1 Å². The summed E-state index contributed by atoms with van der Waals surface area (Å²) < 4.78 is 48.8. The second-order valence-electron chi connectivity index (χ2n) is 12.3. The van der Waals surface area contributed by atoms with Crippen LogP contribution in [0.5, 0.6) is 17.2 Å². The molecule has 2 amide bonds. The Morgan fingerprint density at radius 2 is 1.59 bits per heavy atom. The smallest absolute Gasteiger partial charge is 0.258 e. The van der Waals surface area contributed by atoms with Gasteiger partial charge in [0.15, 0.2) is 18.1 Å². The molecule has 304 valence electrons. The Bertz CT molecular complexity index is 2300. The summed E-state index contributed by atoms with van der Waals surface area (Å²) >= 11 is 19.1. The minimum absolute atomic E-state index is 0.00957. The average molecular weight is 964 g/mol. The number of rotatable bonds is 20. The first-order chi connectivity index (χ1) is 28.1. The van der Waals surface area contributed by atoms with Gasteiger partial charge in [-0.05, 0) is 98.1 Å². The number of anilines is 3. The second kappa shape index (κ2) is 20.9. The largest absolute Gasteiger partial charge is 0.493 e. The molecular formula is C40H36Br2Cl2FN5O8. The van der Waals surface area contributed by atoms with Crippen molar-refractivity contribution in [3.05, 3.63) is 103 Å². The van der Waals surface area contributed by atoms with E-state index in [2.05, 4.69) is 57.8 Å². The van der Waals surface area contributed by atoms with Crippen molar-refractivity contribution in [1.29, 1.82) is 0 Å². The average Bonchev–Trinajstić information content (AvgIpc) is 3.50. The summed E-state index contributed by atoms with van der Waals surface area (Å²) in [5.74, 6) is 0.847. The number of carbonyl (C=O) groups excluding carboxylic acids is 2. The Hall–Kier alpha value is -4.55. The molecule has 1 aliphatic rings. The number of nitrogens with one attached hydrogen (secondary N) is 3. The highest BCUT2D eigenvalue weighted by Gasteiger charge is 2.24. The molecular weight excluding hydrogens is 928 g/mol. The van der Waals surface area contributed by atoms with Crippen LogP contribution < -0.4 is 30.2 Å². The molecule has 13 nitrogen and oxygen atoms in total. The van der Waals surface area contributed by atoms with Crippen molar-refractivity contribution in [1.82, 2.24) is 15.3 Å². The topological polar surface area (TPSA) is 151 Å². The molecule has 1 aliphatic heterocycles. The summed E-state index contributed by atoms with van der Waals surface area (Å²) in [7, 11) is 1.54. The number of carbonyl (C=O) groups is 2. The van der Waals surface area contributed by atoms with Gasteiger partial charge in [-0.25, -0.2) is 14.4 Å². The number of aromatic nitrogens is 2. The van der Waals surface area contributed by atoms with Crippen molar-refractivity contribution in [3.8, 4) is 17.2 Å². The lowest BCUT2D eigenvalue weighted by atomic mass is 10.0. The van der Waals surface area contributed by atoms with Crippen LogP contribution in [0.3, 0.4) is 0 Å². The van der Waals surface area contributed by atoms with Crippen LogP contribution in [0.25, 0.3) is 22.6 Å². The molecule has 4 aromatic carbocycles. The number of hydrogen-bond donors (Lipinski definition) is 3. The first-order valence-electron chi connectivity index (χ1n) is 17.7. The van der Waals surface area contributed by atoms with Gasteiger partial charge in [0.2, 0.25) is 0 Å². The van der Waals surface area contributed by atoms with Crippen LogP contribution in [-0.4, -0.2) is 88.3 Å². The number of halogens is 5. The highest BCUT2D eigenvalue weighted by atomic mass is 79.9. The van der Waals surface area contributed by atoms with Gasteiger partial charge >= 0.3 is 0 Å². The predicted molar refractivity (Wildman–Crippen MR) is 227 cm³/mol. The third-order valence-corrected chi connectivity index (χ3v) is 10.0. The van der Waals surface area contributed by atoms with E-state index in [0.717, 1.165) is 11.1 Å². The number of amides is 2. The van der Waals surface area contributed by atoms with Crippen LogP contribution in [0.4, 0.5) is 21.6 Å². The Balaban J connectivity index is 0.826. The third kappa shape index (κ3) is 11.6. The SMILES string of the molecule is COc1cc2ncnc(Nc3ccc(F)c(Cl)c3)c2cc1OCCOCCOCCOCCNC(=O)COc1c(Br)cc(/C=C2\C(=O)Nc3ccc(Cl)cc32)cc1Br. The van der Waals surface area contributed by atoms with Gasteiger partial charge in [-0.1, -0.05) is 23.2 Å². The number of benzene rings is 4. The van der Waals surface area contributed by atoms with E-state index in [1.165, 1.54) is 25.6 Å². The van der Waals surface area contributed by atoms with Gasteiger partial charge in [0.05, 0.1) is 66.2 Å². The molecule has 0 radical (unpaired) electrons. The lowest BCUT2D eigenvalue weighted by Gasteiger charge is -2.14. The molecule has 0 saturated heterocycles. The highest BCUT2D eigenvalue weighted by Crippen LogP contribution is 2.39. The standard InChI is InChI=1S/C40H36Br2Cl2FN5O8/c1-53-35-20-34-28(39(48-22-47-34)49-25-3-4-32(45)31(44)18-25)19-36(35)57-13-12-56-11-10-55-9-8-54-7-6-46-37(51)21-58-38-29(41)15-23(16-30(38)42)14-27-26-17-24(43)2-5-33(26)50-40(27)52/h2-5,14-20,22H,6-13,21H2,1H3,(H,46,51)(H,50,52)(H,47,48,49)/b27-14-. The van der Waals surface area contributed by atoms with Crippen LogP contribution in [0, 0.1) is 5.82 Å². The highest BCUT2D eigenvalue weighted by molar-refractivity contribution is 9.11. The first-order valence-corrected chi connectivity index (χ1v) is 20.1. The number of fused-ring (bicyclic) bond motifs is 2. The van der Waals surface area contributed by atoms with Crippen molar-refractivity contribution in [3.63, 3.8) is 0 Å². The zero-order chi connectivity index (χ0) is 41.0. The summed E-state index contributed by atoms with van der Waals surface area (Å²) in [6.07, 6.45) is 3.17. The van der Waals surface area contributed by atoms with E-state index in [1.54, 1.807) is 54.6 Å². The maximum absolute atomic E-state index is 13.6. The fraction of sp³-hybridized carbons (Fsp3) is 0.250. The minimum Gasteiger partial charge on any atom is -0.493 e.